The molecule has 2 N–H and O–H groups in total. The Labute approximate surface area is 246 Å². The number of hydrogen-bond acceptors (Lipinski definition) is 10. The van der Waals surface area contributed by atoms with Gasteiger partial charge in [0, 0.05) is 54.8 Å². The van der Waals surface area contributed by atoms with Gasteiger partial charge in [0.15, 0.2) is 0 Å². The Morgan fingerprint density at radius 2 is 1.36 bits per heavy atom. The molecule has 4 rings (SSSR count). The number of anilines is 1. The van der Waals surface area contributed by atoms with E-state index in [0.717, 1.165) is 11.3 Å². The highest BCUT2D eigenvalue weighted by Crippen LogP contribution is 2.24. The Morgan fingerprint density at radius 3 is 1.90 bits per heavy atom. The van der Waals surface area contributed by atoms with Crippen molar-refractivity contribution in [1.29, 1.82) is 0 Å². The lowest BCUT2D eigenvalue weighted by Crippen LogP contribution is -2.40. The first-order valence-electron chi connectivity index (χ1n) is 13.0. The Hall–Kier alpha value is -4.85. The van der Waals surface area contributed by atoms with Gasteiger partial charge in [0.2, 0.25) is 0 Å². The van der Waals surface area contributed by atoms with Crippen molar-refractivity contribution in [2.75, 3.05) is 18.4 Å². The second-order valence-electron chi connectivity index (χ2n) is 9.60. The Bertz CT molecular complexity index is 1400. The standard InChI is InChI=1S/C28H29N5O8S/c34-27(40-17-20-3-9-23(10-4-20)32(36)37)30-14-19-1-7-22(8-2-19)29-15-25-13-26(42)16-31(25)28(35)41-18-21-5-11-24(12-6-21)33(38)39/h1-12,25-26,29,42H,13-18H2,(H,30,34)/t25-,26-/m0/s1. The molecule has 0 radical (unpaired) electrons. The molecule has 2 atom stereocenters. The van der Waals surface area contributed by atoms with Gasteiger partial charge in [-0.2, -0.15) is 12.6 Å². The number of thiol groups is 1. The number of nitrogens with zero attached hydrogens (tertiary/aromatic N) is 3. The van der Waals surface area contributed by atoms with Gasteiger partial charge in [-0.25, -0.2) is 9.59 Å². The number of carbonyl (C=O) groups excluding carboxylic acids is 2. The number of ether oxygens (including phenoxy) is 2. The predicted octanol–water partition coefficient (Wildman–Crippen LogP) is 5.05. The predicted molar refractivity (Wildman–Crippen MR) is 156 cm³/mol. The largest absolute Gasteiger partial charge is 0.445 e. The summed E-state index contributed by atoms with van der Waals surface area (Å²) in [7, 11) is 0. The van der Waals surface area contributed by atoms with Gasteiger partial charge in [0.1, 0.15) is 13.2 Å². The molecule has 13 nitrogen and oxygen atoms in total. The summed E-state index contributed by atoms with van der Waals surface area (Å²) in [5, 5.41) is 27.5. The van der Waals surface area contributed by atoms with E-state index in [-0.39, 0.29) is 42.4 Å². The first kappa shape index (κ1) is 30.1. The van der Waals surface area contributed by atoms with E-state index >= 15 is 0 Å². The number of nitrogens with one attached hydrogen (secondary N) is 2. The average Bonchev–Trinajstić information content (AvgIpc) is 3.38. The van der Waals surface area contributed by atoms with Crippen LogP contribution in [0.2, 0.25) is 0 Å². The zero-order valence-corrected chi connectivity index (χ0v) is 23.3. The van der Waals surface area contributed by atoms with Crippen molar-refractivity contribution in [3.05, 3.63) is 110 Å². The van der Waals surface area contributed by atoms with Gasteiger partial charge in [-0.05, 0) is 59.5 Å². The number of alkyl carbamates (subject to hydrolysis) is 1. The molecule has 0 saturated carbocycles. The van der Waals surface area contributed by atoms with Crippen LogP contribution in [-0.2, 0) is 29.2 Å². The first-order chi connectivity index (χ1) is 20.2. The Kier molecular flexibility index (Phi) is 10.2. The Balaban J connectivity index is 1.19. The van der Waals surface area contributed by atoms with Crippen molar-refractivity contribution >= 4 is 41.9 Å². The fraction of sp³-hybridized carbons (Fsp3) is 0.286. The molecule has 1 saturated heterocycles. The molecule has 1 aliphatic rings. The number of nitro benzene ring substituents is 2. The molecule has 0 bridgehead atoms. The zero-order valence-electron chi connectivity index (χ0n) is 22.4. The van der Waals surface area contributed by atoms with E-state index in [2.05, 4.69) is 23.3 Å². The molecule has 2 amide bonds. The Morgan fingerprint density at radius 1 is 0.833 bits per heavy atom. The molecule has 3 aromatic rings. The van der Waals surface area contributed by atoms with E-state index in [9.17, 15) is 29.8 Å². The van der Waals surface area contributed by atoms with Gasteiger partial charge in [-0.15, -0.1) is 0 Å². The van der Waals surface area contributed by atoms with Crippen molar-refractivity contribution in [2.45, 2.75) is 37.5 Å². The average molecular weight is 596 g/mol. The monoisotopic (exact) mass is 595 g/mol. The highest BCUT2D eigenvalue weighted by atomic mass is 32.1. The maximum Gasteiger partial charge on any atom is 0.410 e. The third kappa shape index (κ3) is 8.57. The number of benzene rings is 3. The molecule has 0 unspecified atom stereocenters. The molecule has 0 spiro atoms. The van der Waals surface area contributed by atoms with Gasteiger partial charge in [0.05, 0.1) is 15.9 Å². The summed E-state index contributed by atoms with van der Waals surface area (Å²) in [6, 6.07) is 18.9. The van der Waals surface area contributed by atoms with Crippen LogP contribution in [0, 0.1) is 20.2 Å². The number of carbonyl (C=O) groups is 2. The molecule has 42 heavy (non-hydrogen) atoms. The third-order valence-corrected chi connectivity index (χ3v) is 6.96. The maximum atomic E-state index is 12.8. The number of likely N-dealkylation sites (tertiary alicyclic amines) is 1. The summed E-state index contributed by atoms with van der Waals surface area (Å²) in [5.74, 6) is 0. The summed E-state index contributed by atoms with van der Waals surface area (Å²) in [5.41, 5.74) is 2.90. The molecule has 3 aromatic carbocycles. The van der Waals surface area contributed by atoms with E-state index in [4.69, 9.17) is 9.47 Å². The zero-order chi connectivity index (χ0) is 30.1. The van der Waals surface area contributed by atoms with E-state index in [1.165, 1.54) is 36.4 Å². The highest BCUT2D eigenvalue weighted by Gasteiger charge is 2.34. The number of rotatable bonds is 11. The molecule has 14 heteroatoms. The van der Waals surface area contributed by atoms with Gasteiger partial charge < -0.3 is 25.0 Å². The second kappa shape index (κ2) is 14.2. The van der Waals surface area contributed by atoms with Crippen LogP contribution in [0.5, 0.6) is 0 Å². The fourth-order valence-corrected chi connectivity index (χ4v) is 4.73. The molecule has 1 fully saturated rings. The summed E-state index contributed by atoms with van der Waals surface area (Å²) in [4.78, 5) is 47.0. The number of hydrogen-bond donors (Lipinski definition) is 3. The van der Waals surface area contributed by atoms with E-state index < -0.39 is 22.0 Å². The summed E-state index contributed by atoms with van der Waals surface area (Å²) < 4.78 is 10.6. The molecule has 0 aromatic heterocycles. The summed E-state index contributed by atoms with van der Waals surface area (Å²) >= 11 is 4.54. The molecule has 220 valence electrons. The molecule has 1 heterocycles. The van der Waals surface area contributed by atoms with Crippen LogP contribution in [0.3, 0.4) is 0 Å². The quantitative estimate of drug-likeness (QED) is 0.156. The van der Waals surface area contributed by atoms with Crippen molar-refractivity contribution in [3.8, 4) is 0 Å². The molecular weight excluding hydrogens is 566 g/mol. The van der Waals surface area contributed by atoms with Gasteiger partial charge in [0.25, 0.3) is 11.4 Å². The van der Waals surface area contributed by atoms with Gasteiger partial charge in [-0.3, -0.25) is 20.2 Å². The lowest BCUT2D eigenvalue weighted by atomic mass is 10.2. The van der Waals surface area contributed by atoms with E-state index in [1.54, 1.807) is 17.0 Å². The lowest BCUT2D eigenvalue weighted by Gasteiger charge is -2.24. The number of amides is 2. The van der Waals surface area contributed by atoms with Crippen molar-refractivity contribution in [2.24, 2.45) is 0 Å². The van der Waals surface area contributed by atoms with Crippen LogP contribution in [0.15, 0.2) is 72.8 Å². The number of non-ortho nitro benzene ring substituents is 2. The van der Waals surface area contributed by atoms with Crippen LogP contribution in [-0.4, -0.2) is 51.3 Å². The van der Waals surface area contributed by atoms with Crippen LogP contribution in [0.1, 0.15) is 23.1 Å². The van der Waals surface area contributed by atoms with Gasteiger partial charge >= 0.3 is 12.2 Å². The minimum absolute atomic E-state index is 0.00476. The van der Waals surface area contributed by atoms with Crippen LogP contribution < -0.4 is 10.6 Å². The number of nitro groups is 2. The molecule has 1 aliphatic heterocycles. The minimum Gasteiger partial charge on any atom is -0.445 e. The maximum absolute atomic E-state index is 12.8. The fourth-order valence-electron chi connectivity index (χ4n) is 4.32. The van der Waals surface area contributed by atoms with Crippen LogP contribution in [0.4, 0.5) is 26.7 Å². The smallest absolute Gasteiger partial charge is 0.410 e. The van der Waals surface area contributed by atoms with Gasteiger partial charge in [-0.1, -0.05) is 12.1 Å². The van der Waals surface area contributed by atoms with Crippen molar-refractivity contribution < 1.29 is 28.9 Å². The van der Waals surface area contributed by atoms with Crippen molar-refractivity contribution in [1.82, 2.24) is 10.2 Å². The normalized spacial score (nSPS) is 16.0. The first-order valence-corrected chi connectivity index (χ1v) is 13.5. The minimum atomic E-state index is -0.612. The highest BCUT2D eigenvalue weighted by molar-refractivity contribution is 7.81. The SMILES string of the molecule is O=C(NCc1ccc(NC[C@@H]2C[C@H](S)CN2C(=O)OCc2ccc([N+](=O)[O-])cc2)cc1)OCc1ccc([N+](=O)[O-])cc1. The van der Waals surface area contributed by atoms with Crippen LogP contribution in [0.25, 0.3) is 0 Å². The molecule has 0 aliphatic carbocycles. The van der Waals surface area contributed by atoms with Crippen molar-refractivity contribution in [3.63, 3.8) is 0 Å². The summed E-state index contributed by atoms with van der Waals surface area (Å²) in [6.45, 7) is 1.17. The van der Waals surface area contributed by atoms with E-state index in [0.29, 0.717) is 30.6 Å². The molecular formula is C28H29N5O8S. The lowest BCUT2D eigenvalue weighted by molar-refractivity contribution is -0.385. The summed E-state index contributed by atoms with van der Waals surface area (Å²) in [6.07, 6.45) is -0.399. The third-order valence-electron chi connectivity index (χ3n) is 6.59. The van der Waals surface area contributed by atoms with E-state index in [1.807, 2.05) is 24.3 Å². The topological polar surface area (TPSA) is 166 Å². The van der Waals surface area contributed by atoms with Crippen LogP contribution >= 0.6 is 12.6 Å². The second-order valence-corrected chi connectivity index (χ2v) is 10.3.